The first-order valence-electron chi connectivity index (χ1n) is 13.3. The van der Waals surface area contributed by atoms with E-state index < -0.39 is 0 Å². The van der Waals surface area contributed by atoms with Crippen molar-refractivity contribution in [3.63, 3.8) is 0 Å². The second-order valence-electron chi connectivity index (χ2n) is 10.8. The van der Waals surface area contributed by atoms with Gasteiger partial charge in [-0.3, -0.25) is 14.1 Å². The van der Waals surface area contributed by atoms with Crippen molar-refractivity contribution in [2.45, 2.75) is 50.3 Å². The van der Waals surface area contributed by atoms with Crippen LogP contribution < -0.4 is 10.6 Å². The zero-order chi connectivity index (χ0) is 25.7. The molecule has 0 unspecified atom stereocenters. The van der Waals surface area contributed by atoms with Crippen LogP contribution in [0.4, 0.5) is 5.82 Å². The van der Waals surface area contributed by atoms with Gasteiger partial charge in [0.05, 0.1) is 28.9 Å². The Bertz CT molecular complexity index is 1480. The number of ether oxygens (including phenoxy) is 1. The summed E-state index contributed by atoms with van der Waals surface area (Å²) in [6.07, 6.45) is 9.10. The van der Waals surface area contributed by atoms with Crippen molar-refractivity contribution in [2.75, 3.05) is 39.2 Å². The summed E-state index contributed by atoms with van der Waals surface area (Å²) in [4.78, 5) is 27.6. The summed E-state index contributed by atoms with van der Waals surface area (Å²) in [5.41, 5.74) is 4.89. The zero-order valence-electron chi connectivity index (χ0n) is 22.2. The van der Waals surface area contributed by atoms with Gasteiger partial charge in [-0.15, -0.1) is 0 Å². The highest BCUT2D eigenvalue weighted by Crippen LogP contribution is 2.36. The number of aromatic nitrogens is 4. The van der Waals surface area contributed by atoms with Crippen molar-refractivity contribution >= 4 is 27.8 Å². The summed E-state index contributed by atoms with van der Waals surface area (Å²) >= 11 is 0. The fourth-order valence-electron chi connectivity index (χ4n) is 6.27. The molecule has 0 spiro atoms. The number of anilines is 1. The molecule has 0 bridgehead atoms. The average Bonchev–Trinajstić information content (AvgIpc) is 3.51. The van der Waals surface area contributed by atoms with Crippen LogP contribution in [0.25, 0.3) is 33.1 Å². The van der Waals surface area contributed by atoms with Gasteiger partial charge in [0.1, 0.15) is 5.82 Å². The largest absolute Gasteiger partial charge is 0.381 e. The normalized spacial score (nSPS) is 21.1. The van der Waals surface area contributed by atoms with E-state index in [1.807, 2.05) is 24.0 Å². The second kappa shape index (κ2) is 9.58. The molecule has 2 fully saturated rings. The number of rotatable bonds is 5. The lowest BCUT2D eigenvalue weighted by Gasteiger charge is -2.35. The molecule has 6 rings (SSSR count). The van der Waals surface area contributed by atoms with E-state index in [1.54, 1.807) is 11.7 Å². The van der Waals surface area contributed by atoms with Crippen LogP contribution in [-0.2, 0) is 11.8 Å². The van der Waals surface area contributed by atoms with Gasteiger partial charge in [-0.1, -0.05) is 6.07 Å². The first-order valence-corrected chi connectivity index (χ1v) is 13.3. The van der Waals surface area contributed by atoms with E-state index in [-0.39, 0.29) is 17.8 Å². The number of imidazole rings is 1. The Labute approximate surface area is 217 Å². The summed E-state index contributed by atoms with van der Waals surface area (Å²) in [5, 5.41) is 1.00. The van der Waals surface area contributed by atoms with Crippen molar-refractivity contribution in [2.24, 2.45) is 7.05 Å². The lowest BCUT2D eigenvalue weighted by atomic mass is 10.0. The fraction of sp³-hybridized carbons (Fsp3) is 0.483. The van der Waals surface area contributed by atoms with Gasteiger partial charge in [0.2, 0.25) is 0 Å². The second-order valence-corrected chi connectivity index (χ2v) is 10.8. The molecule has 1 saturated heterocycles. The number of pyridine rings is 2. The van der Waals surface area contributed by atoms with Crippen LogP contribution in [-0.4, -0.2) is 70.4 Å². The van der Waals surface area contributed by atoms with E-state index >= 15 is 0 Å². The maximum Gasteiger partial charge on any atom is 0.329 e. The third-order valence-electron chi connectivity index (χ3n) is 8.57. The van der Waals surface area contributed by atoms with Gasteiger partial charge in [-0.2, -0.15) is 0 Å². The Morgan fingerprint density at radius 3 is 2.43 bits per heavy atom. The van der Waals surface area contributed by atoms with Gasteiger partial charge >= 0.3 is 5.69 Å². The van der Waals surface area contributed by atoms with Crippen LogP contribution in [0.1, 0.15) is 38.1 Å². The Kier molecular flexibility index (Phi) is 6.24. The third kappa shape index (κ3) is 4.22. The highest BCUT2D eigenvalue weighted by molar-refractivity contribution is 6.04. The van der Waals surface area contributed by atoms with Crippen LogP contribution in [0.15, 0.2) is 47.5 Å². The predicted octanol–water partition coefficient (Wildman–Crippen LogP) is 4.22. The summed E-state index contributed by atoms with van der Waals surface area (Å²) in [6, 6.07) is 11.4. The average molecular weight is 501 g/mol. The van der Waals surface area contributed by atoms with Gasteiger partial charge in [-0.25, -0.2) is 9.78 Å². The molecule has 37 heavy (non-hydrogen) atoms. The molecule has 2 atom stereocenters. The number of hydrogen-bond acceptors (Lipinski definition) is 6. The van der Waals surface area contributed by atoms with E-state index in [9.17, 15) is 4.79 Å². The van der Waals surface area contributed by atoms with Crippen LogP contribution in [0.5, 0.6) is 0 Å². The quantitative estimate of drug-likeness (QED) is 0.409. The van der Waals surface area contributed by atoms with Crippen LogP contribution >= 0.6 is 0 Å². The molecular formula is C29H36N6O2. The third-order valence-corrected chi connectivity index (χ3v) is 8.57. The number of methoxy groups -OCH3 is 1. The predicted molar refractivity (Wildman–Crippen MR) is 148 cm³/mol. The van der Waals surface area contributed by atoms with Crippen molar-refractivity contribution in [3.8, 4) is 11.1 Å². The van der Waals surface area contributed by atoms with Gasteiger partial charge in [0, 0.05) is 56.5 Å². The number of fused-ring (bicyclic) bond motifs is 3. The van der Waals surface area contributed by atoms with E-state index in [0.29, 0.717) is 6.04 Å². The minimum Gasteiger partial charge on any atom is -0.381 e. The molecule has 3 aromatic heterocycles. The van der Waals surface area contributed by atoms with Gasteiger partial charge in [0.25, 0.3) is 0 Å². The van der Waals surface area contributed by atoms with E-state index in [2.05, 4.69) is 59.2 Å². The Morgan fingerprint density at radius 2 is 1.76 bits per heavy atom. The maximum atomic E-state index is 13.4. The molecule has 1 aliphatic heterocycles. The standard InChI is InChI=1S/C29H36N6O2/c1-32(2)21-11-13-34(14-12-21)27-10-6-20(17-31-27)19-5-9-25-24(15-19)28-26(18-30-25)33(3)29(36)35(28)22-7-8-23(16-22)37-4/h5-6,9-10,15,17-18,21-23H,7-8,11-14,16H2,1-4H3/t22-,23-/m1/s1. The van der Waals surface area contributed by atoms with Gasteiger partial charge in [-0.05, 0) is 76.0 Å². The molecule has 0 radical (unpaired) electrons. The van der Waals surface area contributed by atoms with Crippen LogP contribution in [0.3, 0.4) is 0 Å². The monoisotopic (exact) mass is 500 g/mol. The Morgan fingerprint density at radius 1 is 0.973 bits per heavy atom. The molecule has 1 aromatic carbocycles. The molecule has 1 saturated carbocycles. The Hall–Kier alpha value is -3.23. The van der Waals surface area contributed by atoms with Gasteiger partial charge < -0.3 is 14.5 Å². The zero-order valence-corrected chi connectivity index (χ0v) is 22.2. The molecule has 8 nitrogen and oxygen atoms in total. The molecular weight excluding hydrogens is 464 g/mol. The van der Waals surface area contributed by atoms with E-state index in [0.717, 1.165) is 84.1 Å². The smallest absolute Gasteiger partial charge is 0.329 e. The molecule has 8 heteroatoms. The van der Waals surface area contributed by atoms with Crippen molar-refractivity contribution < 1.29 is 4.74 Å². The van der Waals surface area contributed by atoms with Crippen molar-refractivity contribution in [1.82, 2.24) is 24.0 Å². The molecule has 2 aliphatic rings. The molecule has 0 amide bonds. The highest BCUT2D eigenvalue weighted by atomic mass is 16.5. The van der Waals surface area contributed by atoms with Gasteiger partial charge in [0.15, 0.2) is 0 Å². The fourth-order valence-corrected chi connectivity index (χ4v) is 6.27. The molecule has 4 aromatic rings. The molecule has 194 valence electrons. The molecule has 0 N–H and O–H groups in total. The van der Waals surface area contributed by atoms with Crippen molar-refractivity contribution in [3.05, 3.63) is 53.2 Å². The number of aryl methyl sites for hydroxylation is 1. The topological polar surface area (TPSA) is 68.4 Å². The van der Waals surface area contributed by atoms with Crippen molar-refractivity contribution in [1.29, 1.82) is 0 Å². The maximum absolute atomic E-state index is 13.4. The molecule has 4 heterocycles. The highest BCUT2D eigenvalue weighted by Gasteiger charge is 2.30. The Balaban J connectivity index is 1.36. The first kappa shape index (κ1) is 24.1. The minimum absolute atomic E-state index is 0.0144. The summed E-state index contributed by atoms with van der Waals surface area (Å²) in [7, 11) is 7.93. The lowest BCUT2D eigenvalue weighted by molar-refractivity contribution is 0.106. The number of hydrogen-bond donors (Lipinski definition) is 0. The summed E-state index contributed by atoms with van der Waals surface area (Å²) < 4.78 is 9.32. The number of benzene rings is 1. The van der Waals surface area contributed by atoms with Crippen LogP contribution in [0.2, 0.25) is 0 Å². The molecule has 1 aliphatic carbocycles. The number of nitrogens with zero attached hydrogens (tertiary/aromatic N) is 6. The lowest BCUT2D eigenvalue weighted by Crippen LogP contribution is -2.42. The van der Waals surface area contributed by atoms with Crippen LogP contribution in [0, 0.1) is 0 Å². The minimum atomic E-state index is 0.0144. The number of piperidine rings is 1. The SMILES string of the molecule is CO[C@@H]1CC[C@@H](n2c(=O)n(C)c3cnc4ccc(-c5ccc(N6CCC(N(C)C)CC6)nc5)cc4c32)C1. The summed E-state index contributed by atoms with van der Waals surface area (Å²) in [6.45, 7) is 2.07. The summed E-state index contributed by atoms with van der Waals surface area (Å²) in [5.74, 6) is 1.04. The first-order chi connectivity index (χ1) is 17.9. The van der Waals surface area contributed by atoms with E-state index in [1.165, 1.54) is 0 Å². The van der Waals surface area contributed by atoms with E-state index in [4.69, 9.17) is 9.72 Å².